The van der Waals surface area contributed by atoms with Gasteiger partial charge in [0, 0.05) is 16.9 Å². The van der Waals surface area contributed by atoms with E-state index >= 15 is 0 Å². The molecule has 0 aliphatic carbocycles. The molecule has 3 aromatic carbocycles. The molecule has 0 bridgehead atoms. The Morgan fingerprint density at radius 2 is 1.28 bits per heavy atom. The minimum absolute atomic E-state index is 0.388. The van der Waals surface area contributed by atoms with E-state index in [1.54, 1.807) is 7.11 Å². The first kappa shape index (κ1) is 19.1. The maximum absolute atomic E-state index is 5.38. The lowest BCUT2D eigenvalue weighted by Crippen LogP contribution is -2.01. The van der Waals surface area contributed by atoms with Crippen LogP contribution in [-0.4, -0.2) is 11.7 Å². The highest BCUT2D eigenvalue weighted by Gasteiger charge is 2.25. The summed E-state index contributed by atoms with van der Waals surface area (Å²) in [6.07, 6.45) is 0. The minimum atomic E-state index is 0.388. The molecule has 0 spiro atoms. The van der Waals surface area contributed by atoms with Gasteiger partial charge in [0.2, 0.25) is 0 Å². The second-order valence-electron chi connectivity index (χ2n) is 7.64. The van der Waals surface area contributed by atoms with Gasteiger partial charge in [-0.3, -0.25) is 0 Å². The maximum atomic E-state index is 5.38. The van der Waals surface area contributed by atoms with Gasteiger partial charge >= 0.3 is 0 Å². The lowest BCUT2D eigenvalue weighted by atomic mass is 9.91. The van der Waals surface area contributed by atoms with Crippen LogP contribution >= 0.6 is 0 Å². The van der Waals surface area contributed by atoms with E-state index in [1.807, 2.05) is 12.1 Å². The molecule has 0 fully saturated rings. The average Bonchev–Trinajstić information content (AvgIpc) is 3.08. The van der Waals surface area contributed by atoms with Gasteiger partial charge in [-0.1, -0.05) is 74.5 Å². The Morgan fingerprint density at radius 3 is 1.79 bits per heavy atom. The van der Waals surface area contributed by atoms with Crippen molar-refractivity contribution < 1.29 is 4.74 Å². The molecular weight excluding hydrogens is 354 g/mol. The first-order valence-corrected chi connectivity index (χ1v) is 10.1. The second kappa shape index (κ2) is 8.00. The van der Waals surface area contributed by atoms with E-state index in [0.717, 1.165) is 11.4 Å². The molecule has 0 saturated heterocycles. The van der Waals surface area contributed by atoms with Crippen molar-refractivity contribution in [3.05, 3.63) is 96.2 Å². The molecule has 0 N–H and O–H groups in total. The smallest absolute Gasteiger partial charge is 0.119 e. The summed E-state index contributed by atoms with van der Waals surface area (Å²) >= 11 is 0. The summed E-state index contributed by atoms with van der Waals surface area (Å²) in [7, 11) is 1.70. The van der Waals surface area contributed by atoms with Crippen LogP contribution in [0.3, 0.4) is 0 Å². The molecule has 2 heteroatoms. The van der Waals surface area contributed by atoms with Crippen LogP contribution in [0.4, 0.5) is 0 Å². The van der Waals surface area contributed by atoms with Crippen LogP contribution in [-0.2, 0) is 0 Å². The molecule has 0 radical (unpaired) electrons. The van der Waals surface area contributed by atoms with Crippen molar-refractivity contribution in [1.82, 2.24) is 4.57 Å². The standard InChI is InChI=1S/C27H27NO/c1-19(2)25-26(21-11-7-5-8-12-21)20(3)28(23-15-17-24(29-4)18-16-23)27(25)22-13-9-6-10-14-22/h5-19H,1-4H3. The maximum Gasteiger partial charge on any atom is 0.119 e. The molecule has 0 atom stereocenters. The first-order valence-electron chi connectivity index (χ1n) is 10.1. The number of ether oxygens (including phenoxy) is 1. The Kier molecular flexibility index (Phi) is 5.26. The molecule has 0 aliphatic heterocycles. The van der Waals surface area contributed by atoms with Gasteiger partial charge in [-0.25, -0.2) is 0 Å². The topological polar surface area (TPSA) is 14.2 Å². The van der Waals surface area contributed by atoms with Crippen molar-refractivity contribution in [1.29, 1.82) is 0 Å². The fourth-order valence-electron chi connectivity index (χ4n) is 4.18. The Morgan fingerprint density at radius 1 is 0.724 bits per heavy atom. The van der Waals surface area contributed by atoms with Crippen molar-refractivity contribution >= 4 is 0 Å². The van der Waals surface area contributed by atoms with Crippen LogP contribution in [0, 0.1) is 6.92 Å². The summed E-state index contributed by atoms with van der Waals surface area (Å²) in [4.78, 5) is 0. The molecule has 0 saturated carbocycles. The van der Waals surface area contributed by atoms with Gasteiger partial charge in [-0.15, -0.1) is 0 Å². The number of nitrogens with zero attached hydrogens (tertiary/aromatic N) is 1. The third-order valence-corrected chi connectivity index (χ3v) is 5.46. The van der Waals surface area contributed by atoms with Gasteiger partial charge in [0.05, 0.1) is 12.8 Å². The van der Waals surface area contributed by atoms with E-state index in [4.69, 9.17) is 4.74 Å². The van der Waals surface area contributed by atoms with Crippen LogP contribution in [0.15, 0.2) is 84.9 Å². The van der Waals surface area contributed by atoms with Gasteiger partial charge in [-0.2, -0.15) is 0 Å². The summed E-state index contributed by atoms with van der Waals surface area (Å²) in [5.41, 5.74) is 8.87. The molecule has 29 heavy (non-hydrogen) atoms. The van der Waals surface area contributed by atoms with Crippen LogP contribution in [0.25, 0.3) is 28.1 Å². The predicted molar refractivity (Wildman–Crippen MR) is 122 cm³/mol. The molecular formula is C27H27NO. The fraction of sp³-hybridized carbons (Fsp3) is 0.185. The highest BCUT2D eigenvalue weighted by Crippen LogP contribution is 2.43. The van der Waals surface area contributed by atoms with Gasteiger partial charge in [0.15, 0.2) is 0 Å². The Hall–Kier alpha value is -3.26. The predicted octanol–water partition coefficient (Wildman–Crippen LogP) is 7.25. The second-order valence-corrected chi connectivity index (χ2v) is 7.64. The van der Waals surface area contributed by atoms with Gasteiger partial charge in [-0.05, 0) is 53.8 Å². The molecule has 2 nitrogen and oxygen atoms in total. The monoisotopic (exact) mass is 381 g/mol. The molecule has 146 valence electrons. The summed E-state index contributed by atoms with van der Waals surface area (Å²) < 4.78 is 7.77. The molecule has 0 amide bonds. The van der Waals surface area contributed by atoms with E-state index in [1.165, 1.54) is 33.6 Å². The summed E-state index contributed by atoms with van der Waals surface area (Å²) in [5.74, 6) is 1.26. The molecule has 4 rings (SSSR count). The van der Waals surface area contributed by atoms with Crippen molar-refractivity contribution in [2.45, 2.75) is 26.7 Å². The average molecular weight is 382 g/mol. The number of hydrogen-bond acceptors (Lipinski definition) is 1. The van der Waals surface area contributed by atoms with Gasteiger partial charge < -0.3 is 9.30 Å². The number of benzene rings is 3. The zero-order chi connectivity index (χ0) is 20.4. The number of methoxy groups -OCH3 is 1. The SMILES string of the molecule is COc1ccc(-n2c(C)c(-c3ccccc3)c(C(C)C)c2-c2ccccc2)cc1. The van der Waals surface area contributed by atoms with E-state index in [-0.39, 0.29) is 0 Å². The molecule has 0 aliphatic rings. The Bertz CT molecular complexity index is 1090. The van der Waals surface area contributed by atoms with Crippen LogP contribution in [0.5, 0.6) is 5.75 Å². The highest BCUT2D eigenvalue weighted by molar-refractivity contribution is 5.83. The van der Waals surface area contributed by atoms with Crippen molar-refractivity contribution in [3.8, 4) is 33.8 Å². The highest BCUT2D eigenvalue weighted by atomic mass is 16.5. The molecule has 1 aromatic heterocycles. The van der Waals surface area contributed by atoms with E-state index in [2.05, 4.69) is 98.1 Å². The van der Waals surface area contributed by atoms with Crippen LogP contribution < -0.4 is 4.74 Å². The third-order valence-electron chi connectivity index (χ3n) is 5.46. The van der Waals surface area contributed by atoms with Crippen molar-refractivity contribution in [3.63, 3.8) is 0 Å². The quantitative estimate of drug-likeness (QED) is 0.355. The normalized spacial score (nSPS) is 11.1. The number of rotatable bonds is 5. The Balaban J connectivity index is 2.08. The van der Waals surface area contributed by atoms with Crippen molar-refractivity contribution in [2.24, 2.45) is 0 Å². The van der Waals surface area contributed by atoms with E-state index < -0.39 is 0 Å². The summed E-state index contributed by atoms with van der Waals surface area (Å²) in [5, 5.41) is 0. The summed E-state index contributed by atoms with van der Waals surface area (Å²) in [6.45, 7) is 6.79. The van der Waals surface area contributed by atoms with E-state index in [9.17, 15) is 0 Å². The molecule has 1 heterocycles. The fourth-order valence-corrected chi connectivity index (χ4v) is 4.18. The lowest BCUT2D eigenvalue weighted by Gasteiger charge is -2.15. The summed E-state index contributed by atoms with van der Waals surface area (Å²) in [6, 6.07) is 29.8. The van der Waals surface area contributed by atoms with Crippen LogP contribution in [0.1, 0.15) is 31.0 Å². The zero-order valence-corrected chi connectivity index (χ0v) is 17.5. The van der Waals surface area contributed by atoms with Gasteiger partial charge in [0.25, 0.3) is 0 Å². The third kappa shape index (κ3) is 3.47. The lowest BCUT2D eigenvalue weighted by molar-refractivity contribution is 0.414. The van der Waals surface area contributed by atoms with Gasteiger partial charge in [0.1, 0.15) is 5.75 Å². The molecule has 4 aromatic rings. The van der Waals surface area contributed by atoms with Crippen molar-refractivity contribution in [2.75, 3.05) is 7.11 Å². The zero-order valence-electron chi connectivity index (χ0n) is 17.5. The molecule has 0 unspecified atom stereocenters. The number of hydrogen-bond donors (Lipinski definition) is 0. The largest absolute Gasteiger partial charge is 0.497 e. The number of aromatic nitrogens is 1. The first-order chi connectivity index (χ1) is 14.1. The minimum Gasteiger partial charge on any atom is -0.497 e. The van der Waals surface area contributed by atoms with E-state index in [0.29, 0.717) is 5.92 Å². The Labute approximate surface area is 173 Å². The van der Waals surface area contributed by atoms with Crippen LogP contribution in [0.2, 0.25) is 0 Å².